The average molecular weight is 245 g/mol. The van der Waals surface area contributed by atoms with E-state index in [1.54, 1.807) is 6.07 Å². The molecule has 0 saturated heterocycles. The van der Waals surface area contributed by atoms with Gasteiger partial charge in [-0.1, -0.05) is 11.2 Å². The summed E-state index contributed by atoms with van der Waals surface area (Å²) in [6.07, 6.45) is 2.88. The predicted molar refractivity (Wildman–Crippen MR) is 62.6 cm³/mol. The second-order valence-corrected chi connectivity index (χ2v) is 4.33. The maximum absolute atomic E-state index is 10.8. The normalized spacial score (nSPS) is 13.6. The number of carboxylic acids is 1. The van der Waals surface area contributed by atoms with Crippen molar-refractivity contribution in [2.45, 2.75) is 19.3 Å². The zero-order valence-corrected chi connectivity index (χ0v) is 9.51. The van der Waals surface area contributed by atoms with Crippen LogP contribution in [-0.4, -0.2) is 21.3 Å². The minimum atomic E-state index is -1.17. The van der Waals surface area contributed by atoms with E-state index in [-0.39, 0.29) is 11.5 Å². The lowest BCUT2D eigenvalue weighted by molar-refractivity contribution is 0.0652. The molecular weight excluding hydrogens is 234 g/mol. The molecule has 2 aromatic rings. The summed E-state index contributed by atoms with van der Waals surface area (Å²) >= 11 is 0. The Morgan fingerprint density at radius 1 is 1.33 bits per heavy atom. The molecule has 2 N–H and O–H groups in total. The number of hydrogen-bond acceptors (Lipinski definition) is 4. The Hall–Kier alpha value is -2.30. The molecule has 1 heterocycles. The fourth-order valence-corrected chi connectivity index (χ4v) is 2.43. The minimum absolute atomic E-state index is 0.112. The number of benzene rings is 1. The summed E-state index contributed by atoms with van der Waals surface area (Å²) in [4.78, 5) is 10.8. The molecule has 1 aromatic heterocycles. The van der Waals surface area contributed by atoms with Crippen LogP contribution in [0.1, 0.15) is 28.1 Å². The van der Waals surface area contributed by atoms with E-state index in [0.717, 1.165) is 24.8 Å². The number of phenols is 1. The smallest absolute Gasteiger partial charge is 0.374 e. The molecule has 0 saturated carbocycles. The summed E-state index contributed by atoms with van der Waals surface area (Å²) in [5.74, 6) is -1.28. The Bertz CT molecular complexity index is 630. The zero-order chi connectivity index (χ0) is 12.7. The molecule has 1 aliphatic rings. The Kier molecular flexibility index (Phi) is 2.33. The van der Waals surface area contributed by atoms with E-state index in [1.165, 1.54) is 11.6 Å². The molecule has 5 heteroatoms. The molecule has 0 amide bonds. The Morgan fingerprint density at radius 3 is 2.89 bits per heavy atom. The first-order valence-corrected chi connectivity index (χ1v) is 5.71. The van der Waals surface area contributed by atoms with Crippen LogP contribution < -0.4 is 0 Å². The van der Waals surface area contributed by atoms with Gasteiger partial charge in [0, 0.05) is 11.6 Å². The highest BCUT2D eigenvalue weighted by molar-refractivity contribution is 5.86. The number of nitrogens with zero attached hydrogens (tertiary/aromatic N) is 1. The van der Waals surface area contributed by atoms with Crippen molar-refractivity contribution in [3.63, 3.8) is 0 Å². The van der Waals surface area contributed by atoms with Crippen LogP contribution in [0.3, 0.4) is 0 Å². The quantitative estimate of drug-likeness (QED) is 0.847. The summed E-state index contributed by atoms with van der Waals surface area (Å²) < 4.78 is 4.73. The van der Waals surface area contributed by atoms with E-state index in [1.807, 2.05) is 6.07 Å². The molecule has 92 valence electrons. The van der Waals surface area contributed by atoms with Crippen molar-refractivity contribution in [2.75, 3.05) is 0 Å². The molecule has 5 nitrogen and oxygen atoms in total. The SMILES string of the molecule is O=C(O)c1cc(-c2c(O)ccc3c2CCC3)no1. The van der Waals surface area contributed by atoms with E-state index >= 15 is 0 Å². The van der Waals surface area contributed by atoms with Crippen molar-refractivity contribution in [1.29, 1.82) is 0 Å². The second-order valence-electron chi connectivity index (χ2n) is 4.33. The van der Waals surface area contributed by atoms with Crippen LogP contribution in [0.25, 0.3) is 11.3 Å². The van der Waals surface area contributed by atoms with E-state index in [9.17, 15) is 9.90 Å². The largest absolute Gasteiger partial charge is 0.507 e. The minimum Gasteiger partial charge on any atom is -0.507 e. The van der Waals surface area contributed by atoms with E-state index in [0.29, 0.717) is 11.3 Å². The summed E-state index contributed by atoms with van der Waals surface area (Å²) in [6.45, 7) is 0. The van der Waals surface area contributed by atoms with Crippen LogP contribution in [0.4, 0.5) is 0 Å². The van der Waals surface area contributed by atoms with Gasteiger partial charge in [-0.3, -0.25) is 0 Å². The topological polar surface area (TPSA) is 83.6 Å². The molecule has 3 rings (SSSR count). The number of aromatic hydroxyl groups is 1. The van der Waals surface area contributed by atoms with Gasteiger partial charge in [-0.25, -0.2) is 4.79 Å². The first kappa shape index (κ1) is 10.8. The number of carbonyl (C=O) groups is 1. The molecule has 0 bridgehead atoms. The molecule has 0 fully saturated rings. The third kappa shape index (κ3) is 1.55. The van der Waals surface area contributed by atoms with Crippen molar-refractivity contribution in [2.24, 2.45) is 0 Å². The van der Waals surface area contributed by atoms with E-state index < -0.39 is 5.97 Å². The van der Waals surface area contributed by atoms with Gasteiger partial charge in [-0.15, -0.1) is 0 Å². The lowest BCUT2D eigenvalue weighted by Gasteiger charge is -2.07. The molecule has 1 aromatic carbocycles. The van der Waals surface area contributed by atoms with Gasteiger partial charge in [0.1, 0.15) is 11.4 Å². The summed E-state index contributed by atoms with van der Waals surface area (Å²) in [5.41, 5.74) is 3.20. The number of hydrogen-bond donors (Lipinski definition) is 2. The highest BCUT2D eigenvalue weighted by Gasteiger charge is 2.22. The molecule has 0 radical (unpaired) electrons. The van der Waals surface area contributed by atoms with Crippen molar-refractivity contribution >= 4 is 5.97 Å². The Labute approximate surface area is 103 Å². The lowest BCUT2D eigenvalue weighted by Crippen LogP contribution is -1.92. The van der Waals surface area contributed by atoms with Crippen molar-refractivity contribution in [1.82, 2.24) is 5.16 Å². The molecule has 18 heavy (non-hydrogen) atoms. The zero-order valence-electron chi connectivity index (χ0n) is 9.51. The first-order valence-electron chi connectivity index (χ1n) is 5.71. The lowest BCUT2D eigenvalue weighted by atomic mass is 9.99. The second kappa shape index (κ2) is 3.87. The molecule has 0 aliphatic heterocycles. The van der Waals surface area contributed by atoms with Gasteiger partial charge in [0.25, 0.3) is 0 Å². The third-order valence-corrected chi connectivity index (χ3v) is 3.24. The van der Waals surface area contributed by atoms with Crippen molar-refractivity contribution in [3.05, 3.63) is 35.1 Å². The first-order chi connectivity index (χ1) is 8.66. The summed E-state index contributed by atoms with van der Waals surface area (Å²) in [6, 6.07) is 4.87. The molecule has 1 aliphatic carbocycles. The third-order valence-electron chi connectivity index (χ3n) is 3.24. The van der Waals surface area contributed by atoms with Crippen molar-refractivity contribution < 1.29 is 19.5 Å². The molecule has 0 spiro atoms. The number of aromatic nitrogens is 1. The monoisotopic (exact) mass is 245 g/mol. The Balaban J connectivity index is 2.16. The highest BCUT2D eigenvalue weighted by atomic mass is 16.5. The fourth-order valence-electron chi connectivity index (χ4n) is 2.43. The van der Waals surface area contributed by atoms with Crippen molar-refractivity contribution in [3.8, 4) is 17.0 Å². The van der Waals surface area contributed by atoms with Crippen LogP contribution >= 0.6 is 0 Å². The van der Waals surface area contributed by atoms with Gasteiger partial charge in [-0.05, 0) is 36.5 Å². The van der Waals surface area contributed by atoms with Crippen LogP contribution in [0.5, 0.6) is 5.75 Å². The predicted octanol–water partition coefficient (Wildman–Crippen LogP) is 2.23. The van der Waals surface area contributed by atoms with Gasteiger partial charge in [0.15, 0.2) is 0 Å². The van der Waals surface area contributed by atoms with Gasteiger partial charge in [0.05, 0.1) is 0 Å². The number of rotatable bonds is 2. The van der Waals surface area contributed by atoms with E-state index in [2.05, 4.69) is 5.16 Å². The molecule has 0 atom stereocenters. The number of aromatic carboxylic acids is 1. The van der Waals surface area contributed by atoms with Gasteiger partial charge in [0.2, 0.25) is 5.76 Å². The van der Waals surface area contributed by atoms with Crippen LogP contribution in [-0.2, 0) is 12.8 Å². The summed E-state index contributed by atoms with van der Waals surface area (Å²) in [5, 5.41) is 22.5. The number of carboxylic acid groups (broad SMARTS) is 1. The fraction of sp³-hybridized carbons (Fsp3) is 0.231. The number of phenolic OH excluding ortho intramolecular Hbond substituents is 1. The van der Waals surface area contributed by atoms with Crippen LogP contribution in [0, 0.1) is 0 Å². The van der Waals surface area contributed by atoms with Gasteiger partial charge < -0.3 is 14.7 Å². The van der Waals surface area contributed by atoms with Gasteiger partial charge in [-0.2, -0.15) is 0 Å². The molecular formula is C13H11NO4. The summed E-state index contributed by atoms with van der Waals surface area (Å²) in [7, 11) is 0. The number of aryl methyl sites for hydroxylation is 1. The Morgan fingerprint density at radius 2 is 2.17 bits per heavy atom. The maximum Gasteiger partial charge on any atom is 0.374 e. The molecule has 0 unspecified atom stereocenters. The average Bonchev–Trinajstić information content (AvgIpc) is 2.95. The standard InChI is InChI=1S/C13H11NO4/c15-10-5-4-7-2-1-3-8(7)12(10)9-6-11(13(16)17)18-14-9/h4-6,15H,1-3H2,(H,16,17). The van der Waals surface area contributed by atoms with Crippen LogP contribution in [0.15, 0.2) is 22.7 Å². The maximum atomic E-state index is 10.8. The number of fused-ring (bicyclic) bond motifs is 1. The van der Waals surface area contributed by atoms with E-state index in [4.69, 9.17) is 9.63 Å². The highest BCUT2D eigenvalue weighted by Crippen LogP contribution is 2.38. The van der Waals surface area contributed by atoms with Crippen LogP contribution in [0.2, 0.25) is 0 Å². The van der Waals surface area contributed by atoms with Gasteiger partial charge >= 0.3 is 5.97 Å².